The molecule has 4 nitrogen and oxygen atoms in total. The highest BCUT2D eigenvalue weighted by molar-refractivity contribution is 14.1. The van der Waals surface area contributed by atoms with Gasteiger partial charge in [0.15, 0.2) is 8.32 Å². The predicted octanol–water partition coefficient (Wildman–Crippen LogP) is 6.92. The lowest BCUT2D eigenvalue weighted by atomic mass is 9.86. The van der Waals surface area contributed by atoms with E-state index in [2.05, 4.69) is 100 Å². The summed E-state index contributed by atoms with van der Waals surface area (Å²) in [6.45, 7) is 25.7. The first-order chi connectivity index (χ1) is 13.5. The number of carbonyl (C=O) groups excluding carboxylic acids is 1. The Bertz CT molecular complexity index is 666. The van der Waals surface area contributed by atoms with E-state index in [1.54, 1.807) is 6.92 Å². The minimum absolute atomic E-state index is 0.00479. The molecule has 1 heterocycles. The van der Waals surface area contributed by atoms with Gasteiger partial charge in [-0.05, 0) is 61.4 Å². The zero-order chi connectivity index (χ0) is 23.7. The monoisotopic (exact) mass is 549 g/mol. The van der Waals surface area contributed by atoms with Crippen LogP contribution in [-0.2, 0) is 14.0 Å². The summed E-state index contributed by atoms with van der Waals surface area (Å²) in [7, 11) is -1.99. The highest BCUT2D eigenvalue weighted by Crippen LogP contribution is 2.42. The number of allylic oxidation sites excluding steroid dienone is 2. The maximum atomic E-state index is 12.3. The number of amides is 1. The third kappa shape index (κ3) is 6.42. The Morgan fingerprint density at radius 2 is 1.77 bits per heavy atom. The predicted molar refractivity (Wildman–Crippen MR) is 138 cm³/mol. The first-order valence-corrected chi connectivity index (χ1v) is 15.2. The second kappa shape index (κ2) is 10.2. The van der Waals surface area contributed by atoms with Gasteiger partial charge in [-0.25, -0.2) is 0 Å². The molecule has 30 heavy (non-hydrogen) atoms. The summed E-state index contributed by atoms with van der Waals surface area (Å²) in [4.78, 5) is 14.2. The Morgan fingerprint density at radius 3 is 2.17 bits per heavy atom. The average Bonchev–Trinajstić information content (AvgIpc) is 2.84. The van der Waals surface area contributed by atoms with Gasteiger partial charge in [0.05, 0.1) is 18.2 Å². The fourth-order valence-electron chi connectivity index (χ4n) is 4.19. The summed E-state index contributed by atoms with van der Waals surface area (Å²) in [6, 6.07) is 0.00479. The topological polar surface area (TPSA) is 38.8 Å². The summed E-state index contributed by atoms with van der Waals surface area (Å²) < 4.78 is 15.6. The number of rotatable bonds is 7. The van der Waals surface area contributed by atoms with Gasteiger partial charge in [-0.3, -0.25) is 4.79 Å². The molecule has 6 heteroatoms. The van der Waals surface area contributed by atoms with Crippen molar-refractivity contribution >= 4 is 36.8 Å². The molecule has 0 aliphatic carbocycles. The zero-order valence-corrected chi connectivity index (χ0v) is 24.3. The van der Waals surface area contributed by atoms with Gasteiger partial charge in [0.1, 0.15) is 5.72 Å². The van der Waals surface area contributed by atoms with E-state index < -0.39 is 14.0 Å². The maximum Gasteiger partial charge on any atom is 0.222 e. The fourth-order valence-corrected chi connectivity index (χ4v) is 5.86. The molecule has 0 bridgehead atoms. The van der Waals surface area contributed by atoms with Crippen LogP contribution in [-0.4, -0.2) is 43.1 Å². The van der Waals surface area contributed by atoms with Crippen LogP contribution in [0.3, 0.4) is 0 Å². The molecule has 0 spiro atoms. The second-order valence-corrected chi connectivity index (χ2v) is 16.3. The highest BCUT2D eigenvalue weighted by Gasteiger charge is 2.51. The van der Waals surface area contributed by atoms with Gasteiger partial charge in [-0.15, -0.1) is 0 Å². The van der Waals surface area contributed by atoms with Gasteiger partial charge >= 0.3 is 0 Å². The van der Waals surface area contributed by atoms with Crippen LogP contribution in [0.5, 0.6) is 0 Å². The van der Waals surface area contributed by atoms with Crippen LogP contribution in [0.2, 0.25) is 18.1 Å². The molecule has 1 amide bonds. The lowest BCUT2D eigenvalue weighted by Gasteiger charge is -2.43. The summed E-state index contributed by atoms with van der Waals surface area (Å²) in [5, 5.41) is 0.124. The minimum atomic E-state index is -1.99. The Labute approximate surface area is 200 Å². The van der Waals surface area contributed by atoms with Gasteiger partial charge < -0.3 is 14.1 Å². The van der Waals surface area contributed by atoms with Crippen molar-refractivity contribution in [1.82, 2.24) is 4.90 Å². The highest BCUT2D eigenvalue weighted by atomic mass is 127. The third-order valence-corrected chi connectivity index (χ3v) is 12.3. The van der Waals surface area contributed by atoms with E-state index in [1.807, 2.05) is 18.7 Å². The molecule has 1 fully saturated rings. The van der Waals surface area contributed by atoms with Gasteiger partial charge in [-0.2, -0.15) is 0 Å². The smallest absolute Gasteiger partial charge is 0.222 e. The molecule has 1 aliphatic rings. The van der Waals surface area contributed by atoms with E-state index in [4.69, 9.17) is 9.16 Å². The largest absolute Gasteiger partial charge is 0.413 e. The maximum absolute atomic E-state index is 12.3. The molecule has 0 unspecified atom stereocenters. The molecule has 0 aromatic rings. The molecule has 1 aliphatic heterocycles. The van der Waals surface area contributed by atoms with E-state index in [0.29, 0.717) is 0 Å². The van der Waals surface area contributed by atoms with Gasteiger partial charge in [-0.1, -0.05) is 69.4 Å². The lowest BCUT2D eigenvalue weighted by Crippen LogP contribution is -2.51. The molecule has 1 saturated heterocycles. The van der Waals surface area contributed by atoms with E-state index in [9.17, 15) is 4.79 Å². The SMILES string of the molecule is CC(=O)N1[C@H](C)[C@H]([C@@H](C)[C@H](O[Si](C)(C)C(C)(C)C)[C@H](C)/C=C/C(C)=C/I)OC1(C)C. The molecule has 5 atom stereocenters. The van der Waals surface area contributed by atoms with Crippen LogP contribution in [0.4, 0.5) is 0 Å². The molecule has 0 aromatic carbocycles. The van der Waals surface area contributed by atoms with Crippen molar-refractivity contribution in [2.24, 2.45) is 11.8 Å². The van der Waals surface area contributed by atoms with Gasteiger partial charge in [0.25, 0.3) is 0 Å². The number of nitrogens with zero attached hydrogens (tertiary/aromatic N) is 1. The van der Waals surface area contributed by atoms with Gasteiger partial charge in [0.2, 0.25) is 5.91 Å². The van der Waals surface area contributed by atoms with Crippen LogP contribution < -0.4 is 0 Å². The van der Waals surface area contributed by atoms with Crippen molar-refractivity contribution in [2.75, 3.05) is 0 Å². The van der Waals surface area contributed by atoms with Crippen molar-refractivity contribution in [3.63, 3.8) is 0 Å². The van der Waals surface area contributed by atoms with Crippen molar-refractivity contribution in [2.45, 2.75) is 111 Å². The molecule has 1 rings (SSSR count). The van der Waals surface area contributed by atoms with Crippen molar-refractivity contribution < 1.29 is 14.0 Å². The van der Waals surface area contributed by atoms with Crippen molar-refractivity contribution in [3.8, 4) is 0 Å². The van der Waals surface area contributed by atoms with Crippen LogP contribution in [0.1, 0.15) is 69.2 Å². The Balaban J connectivity index is 3.30. The van der Waals surface area contributed by atoms with E-state index in [0.717, 1.165) is 0 Å². The minimum Gasteiger partial charge on any atom is -0.413 e. The Hall–Kier alpha value is -0.183. The summed E-state index contributed by atoms with van der Waals surface area (Å²) in [6.07, 6.45) is 4.37. The van der Waals surface area contributed by atoms with E-state index in [1.165, 1.54) is 5.57 Å². The molecule has 0 N–H and O–H groups in total. The molecular formula is C24H44INO3Si. The Morgan fingerprint density at radius 1 is 1.23 bits per heavy atom. The third-order valence-electron chi connectivity index (χ3n) is 6.85. The number of hydrogen-bond donors (Lipinski definition) is 0. The number of hydrogen-bond acceptors (Lipinski definition) is 3. The number of ether oxygens (including phenoxy) is 1. The van der Waals surface area contributed by atoms with Crippen LogP contribution in [0.15, 0.2) is 21.8 Å². The van der Waals surface area contributed by atoms with Crippen molar-refractivity contribution in [3.05, 3.63) is 21.8 Å². The number of halogens is 1. The van der Waals surface area contributed by atoms with Gasteiger partial charge in [0, 0.05) is 12.8 Å². The zero-order valence-electron chi connectivity index (χ0n) is 21.2. The second-order valence-electron chi connectivity index (χ2n) is 10.9. The van der Waals surface area contributed by atoms with Crippen LogP contribution >= 0.6 is 22.6 Å². The summed E-state index contributed by atoms with van der Waals surface area (Å²) in [5.74, 6) is 0.423. The molecule has 0 saturated carbocycles. The Kier molecular flexibility index (Phi) is 9.44. The first-order valence-electron chi connectivity index (χ1n) is 11.1. The quantitative estimate of drug-likeness (QED) is 0.197. The van der Waals surface area contributed by atoms with Crippen LogP contribution in [0.25, 0.3) is 0 Å². The lowest BCUT2D eigenvalue weighted by molar-refractivity contribution is -0.146. The van der Waals surface area contributed by atoms with Crippen molar-refractivity contribution in [1.29, 1.82) is 0 Å². The standard InChI is InChI=1S/C24H44INO3Si/c1-16(15-25)13-14-17(2)21(29-30(11,12)23(6,7)8)18(3)22-19(4)26(20(5)27)24(9,10)28-22/h13-15,17-19,21-22H,1-12H3/b14-13+,16-15+/t17-,18+,19-,21-,22+/m1/s1. The first kappa shape index (κ1) is 27.9. The molecule has 0 aromatic heterocycles. The molecule has 0 radical (unpaired) electrons. The van der Waals surface area contributed by atoms with E-state index >= 15 is 0 Å². The fraction of sp³-hybridized carbons (Fsp3) is 0.792. The summed E-state index contributed by atoms with van der Waals surface area (Å²) in [5.41, 5.74) is 0.626. The van der Waals surface area contributed by atoms with E-state index in [-0.39, 0.29) is 41.0 Å². The normalized spacial score (nSPS) is 26.2. The summed E-state index contributed by atoms with van der Waals surface area (Å²) >= 11 is 2.27. The van der Waals surface area contributed by atoms with Crippen LogP contribution in [0, 0.1) is 11.8 Å². The average molecular weight is 550 g/mol. The number of carbonyl (C=O) groups is 1. The molecular weight excluding hydrogens is 505 g/mol. The molecule has 174 valence electrons.